The van der Waals surface area contributed by atoms with E-state index in [1.165, 1.54) is 0 Å². The van der Waals surface area contributed by atoms with E-state index >= 15 is 0 Å². The predicted molar refractivity (Wildman–Crippen MR) is 24.1 cm³/mol. The molecule has 0 saturated carbocycles. The Morgan fingerprint density at radius 1 is 1.60 bits per heavy atom. The second kappa shape index (κ2) is 1.42. The fourth-order valence-corrected chi connectivity index (χ4v) is 1.12. The monoisotopic (exact) mass is 129 g/mol. The minimum absolute atomic E-state index is 0.438. The van der Waals surface area contributed by atoms with Gasteiger partial charge in [-0.25, -0.2) is 0 Å². The van der Waals surface area contributed by atoms with Crippen LogP contribution in [0.15, 0.2) is 11.1 Å². The van der Waals surface area contributed by atoms with Gasteiger partial charge in [-0.2, -0.15) is 0 Å². The SMILES string of the molecule is C1=C[As]=CN1. The molecule has 1 rings (SSSR count). The molecule has 0 aromatic carbocycles. The molecule has 1 nitrogen and oxygen atoms in total. The molecule has 0 fully saturated rings. The zero-order valence-corrected chi connectivity index (χ0v) is 4.56. The maximum absolute atomic E-state index is 2.96. The van der Waals surface area contributed by atoms with E-state index < -0.39 is 0 Å². The summed E-state index contributed by atoms with van der Waals surface area (Å²) in [6.45, 7) is 0. The van der Waals surface area contributed by atoms with Crippen LogP contribution in [0.4, 0.5) is 0 Å². The van der Waals surface area contributed by atoms with Crippen molar-refractivity contribution in [2.75, 3.05) is 0 Å². The van der Waals surface area contributed by atoms with Crippen molar-refractivity contribution in [2.45, 2.75) is 0 Å². The third-order valence-electron chi connectivity index (χ3n) is 0.406. The summed E-state index contributed by atoms with van der Waals surface area (Å²) in [5.74, 6) is 0. The second-order valence-electron chi connectivity index (χ2n) is 0.761. The minimum atomic E-state index is 0.438. The number of nitrogens with one attached hydrogen (secondary N) is 1. The molecule has 0 aromatic heterocycles. The molecule has 5 heavy (non-hydrogen) atoms. The Balaban J connectivity index is 2.61. The molecular weight excluding hydrogens is 125 g/mol. The van der Waals surface area contributed by atoms with Crippen molar-refractivity contribution in [3.8, 4) is 0 Å². The van der Waals surface area contributed by atoms with Gasteiger partial charge in [0.05, 0.1) is 0 Å². The van der Waals surface area contributed by atoms with Crippen LogP contribution >= 0.6 is 0 Å². The van der Waals surface area contributed by atoms with E-state index in [1.54, 1.807) is 0 Å². The van der Waals surface area contributed by atoms with Crippen LogP contribution in [0.1, 0.15) is 0 Å². The van der Waals surface area contributed by atoms with Crippen LogP contribution in [0, 0.1) is 0 Å². The summed E-state index contributed by atoms with van der Waals surface area (Å²) in [6.07, 6.45) is 1.97. The molecular formula is C3H4AsN. The van der Waals surface area contributed by atoms with Gasteiger partial charge in [0.1, 0.15) is 0 Å². The summed E-state index contributed by atoms with van der Waals surface area (Å²) in [7, 11) is 0. The molecule has 0 saturated heterocycles. The van der Waals surface area contributed by atoms with Gasteiger partial charge in [-0.1, -0.05) is 0 Å². The first-order chi connectivity index (χ1) is 2.50. The molecule has 1 heterocycles. The molecule has 1 aliphatic heterocycles. The molecule has 26 valence electrons. The topological polar surface area (TPSA) is 12.0 Å². The first kappa shape index (κ1) is 3.17. The zero-order chi connectivity index (χ0) is 3.54. The molecule has 0 bridgehead atoms. The van der Waals surface area contributed by atoms with E-state index in [2.05, 4.69) is 15.1 Å². The van der Waals surface area contributed by atoms with Crippen LogP contribution in [-0.2, 0) is 0 Å². The molecule has 1 aliphatic rings. The summed E-state index contributed by atoms with van der Waals surface area (Å²) in [5, 5.41) is 2.96. The summed E-state index contributed by atoms with van der Waals surface area (Å²) in [4.78, 5) is 4.26. The van der Waals surface area contributed by atoms with Crippen molar-refractivity contribution in [1.82, 2.24) is 5.32 Å². The number of hydrogen-bond donors (Lipinski definition) is 1. The second-order valence-corrected chi connectivity index (χ2v) is 2.55. The standard InChI is InChI=1S/C3H4AsN/c1-2-5-3-4-1/h1-3,5H. The third-order valence-corrected chi connectivity index (χ3v) is 1.71. The summed E-state index contributed by atoms with van der Waals surface area (Å²) in [6, 6.07) is 0. The van der Waals surface area contributed by atoms with Crippen LogP contribution in [0.2, 0.25) is 0 Å². The van der Waals surface area contributed by atoms with Gasteiger partial charge < -0.3 is 0 Å². The predicted octanol–water partition coefficient (Wildman–Crippen LogP) is -0.475. The van der Waals surface area contributed by atoms with Crippen molar-refractivity contribution in [1.29, 1.82) is 0 Å². The Kier molecular flexibility index (Phi) is 0.898. The van der Waals surface area contributed by atoms with Crippen molar-refractivity contribution >= 4 is 20.2 Å². The van der Waals surface area contributed by atoms with Gasteiger partial charge >= 0.3 is 36.6 Å². The van der Waals surface area contributed by atoms with Crippen molar-refractivity contribution in [2.24, 2.45) is 0 Å². The Labute approximate surface area is 37.3 Å². The van der Waals surface area contributed by atoms with Gasteiger partial charge in [-0.3, -0.25) is 0 Å². The Bertz CT molecular complexity index is 65.0. The van der Waals surface area contributed by atoms with Gasteiger partial charge in [-0.05, 0) is 0 Å². The first-order valence-corrected chi connectivity index (χ1v) is 3.59. The molecule has 0 unspecified atom stereocenters. The quantitative estimate of drug-likeness (QED) is 0.436. The van der Waals surface area contributed by atoms with E-state index in [0.29, 0.717) is 15.3 Å². The molecule has 0 radical (unpaired) electrons. The van der Waals surface area contributed by atoms with Gasteiger partial charge in [0.2, 0.25) is 0 Å². The average molecular weight is 129 g/mol. The summed E-state index contributed by atoms with van der Waals surface area (Å²) in [5.41, 5.74) is 0. The Morgan fingerprint density at radius 3 is 2.80 bits per heavy atom. The van der Waals surface area contributed by atoms with Gasteiger partial charge in [0, 0.05) is 0 Å². The number of hydrogen-bond acceptors (Lipinski definition) is 1. The average Bonchev–Trinajstić information content (AvgIpc) is 1.76. The van der Waals surface area contributed by atoms with Gasteiger partial charge in [-0.15, -0.1) is 0 Å². The van der Waals surface area contributed by atoms with Crippen LogP contribution in [-0.4, -0.2) is 20.2 Å². The van der Waals surface area contributed by atoms with Crippen LogP contribution < -0.4 is 5.32 Å². The maximum atomic E-state index is 2.96. The van der Waals surface area contributed by atoms with E-state index in [9.17, 15) is 0 Å². The van der Waals surface area contributed by atoms with Crippen LogP contribution in [0.25, 0.3) is 0 Å². The third kappa shape index (κ3) is 0.623. The fraction of sp³-hybridized carbons (Fsp3) is 0. The van der Waals surface area contributed by atoms with Crippen molar-refractivity contribution in [3.05, 3.63) is 11.1 Å². The van der Waals surface area contributed by atoms with E-state index in [0.717, 1.165) is 0 Å². The van der Waals surface area contributed by atoms with E-state index in [1.807, 2.05) is 6.20 Å². The molecule has 0 spiro atoms. The molecule has 0 aromatic rings. The first-order valence-electron chi connectivity index (χ1n) is 1.43. The zero-order valence-electron chi connectivity index (χ0n) is 2.68. The molecule has 0 amide bonds. The Hall–Kier alpha value is -0.0316. The molecule has 0 aliphatic carbocycles. The van der Waals surface area contributed by atoms with Crippen molar-refractivity contribution in [3.63, 3.8) is 0 Å². The Morgan fingerprint density at radius 2 is 2.60 bits per heavy atom. The molecule has 2 heteroatoms. The summed E-state index contributed by atoms with van der Waals surface area (Å²) >= 11 is 0.438. The molecule has 1 N–H and O–H groups in total. The van der Waals surface area contributed by atoms with Crippen LogP contribution in [0.3, 0.4) is 0 Å². The fourth-order valence-electron chi connectivity index (χ4n) is 0.215. The number of rotatable bonds is 0. The van der Waals surface area contributed by atoms with E-state index in [-0.39, 0.29) is 0 Å². The van der Waals surface area contributed by atoms with Crippen LogP contribution in [0.5, 0.6) is 0 Å². The summed E-state index contributed by atoms with van der Waals surface area (Å²) < 4.78 is 0. The van der Waals surface area contributed by atoms with Crippen molar-refractivity contribution < 1.29 is 0 Å². The molecule has 0 atom stereocenters. The van der Waals surface area contributed by atoms with Gasteiger partial charge in [0.15, 0.2) is 0 Å². The van der Waals surface area contributed by atoms with E-state index in [4.69, 9.17) is 0 Å². The normalized spacial score (nSPS) is 19.2. The van der Waals surface area contributed by atoms with Gasteiger partial charge in [0.25, 0.3) is 0 Å².